The first kappa shape index (κ1) is 19.9. The average Bonchev–Trinajstić information content (AvgIpc) is 2.88. The lowest BCUT2D eigenvalue weighted by atomic mass is 9.92. The van der Waals surface area contributed by atoms with E-state index in [9.17, 15) is 14.4 Å². The summed E-state index contributed by atoms with van der Waals surface area (Å²) in [6.45, 7) is 3.75. The number of hydrogen-bond donors (Lipinski definition) is 2. The molecular weight excluding hydrogens is 378 g/mol. The first-order valence-corrected chi connectivity index (χ1v) is 9.40. The number of nitrogens with one attached hydrogen (secondary N) is 2. The Hall–Kier alpha value is -2.86. The number of aryl methyl sites for hydroxylation is 1. The summed E-state index contributed by atoms with van der Waals surface area (Å²) < 4.78 is 0. The molecule has 1 fully saturated rings. The monoisotopic (exact) mass is 399 g/mol. The highest BCUT2D eigenvalue weighted by Crippen LogP contribution is 2.29. The van der Waals surface area contributed by atoms with Crippen molar-refractivity contribution in [2.45, 2.75) is 25.8 Å². The van der Waals surface area contributed by atoms with Crippen LogP contribution in [0.2, 0.25) is 5.02 Å². The van der Waals surface area contributed by atoms with Gasteiger partial charge in [-0.25, -0.2) is 4.79 Å². The SMILES string of the molecule is Cc1ccccc1CCNC(=O)CN1C(=O)NC(C)(c2ccc(Cl)cc2)C1=O. The molecule has 0 saturated carbocycles. The van der Waals surface area contributed by atoms with Gasteiger partial charge in [-0.05, 0) is 49.1 Å². The number of hydrogen-bond acceptors (Lipinski definition) is 3. The van der Waals surface area contributed by atoms with Crippen LogP contribution < -0.4 is 10.6 Å². The third kappa shape index (κ3) is 4.02. The predicted octanol–water partition coefficient (Wildman–Crippen LogP) is 2.77. The van der Waals surface area contributed by atoms with Crippen LogP contribution in [0.1, 0.15) is 23.6 Å². The number of rotatable bonds is 6. The van der Waals surface area contributed by atoms with Crippen molar-refractivity contribution >= 4 is 29.4 Å². The van der Waals surface area contributed by atoms with E-state index in [-0.39, 0.29) is 12.5 Å². The summed E-state index contributed by atoms with van der Waals surface area (Å²) in [5.41, 5.74) is 1.69. The minimum Gasteiger partial charge on any atom is -0.354 e. The van der Waals surface area contributed by atoms with Gasteiger partial charge in [-0.1, -0.05) is 48.0 Å². The van der Waals surface area contributed by atoms with Crippen LogP contribution in [0.4, 0.5) is 4.79 Å². The normalized spacial score (nSPS) is 18.9. The molecule has 1 unspecified atom stereocenters. The van der Waals surface area contributed by atoms with Crippen LogP contribution in [0.5, 0.6) is 0 Å². The summed E-state index contributed by atoms with van der Waals surface area (Å²) in [4.78, 5) is 38.3. The zero-order valence-corrected chi connectivity index (χ0v) is 16.5. The van der Waals surface area contributed by atoms with Crippen molar-refractivity contribution in [1.82, 2.24) is 15.5 Å². The molecule has 6 nitrogen and oxygen atoms in total. The fourth-order valence-corrected chi connectivity index (χ4v) is 3.37. The second-order valence-corrected chi connectivity index (χ2v) is 7.42. The van der Waals surface area contributed by atoms with E-state index in [4.69, 9.17) is 11.6 Å². The number of benzene rings is 2. The van der Waals surface area contributed by atoms with E-state index in [2.05, 4.69) is 10.6 Å². The van der Waals surface area contributed by atoms with E-state index < -0.39 is 17.5 Å². The molecule has 2 N–H and O–H groups in total. The van der Waals surface area contributed by atoms with Crippen molar-refractivity contribution in [2.75, 3.05) is 13.1 Å². The lowest BCUT2D eigenvalue weighted by Gasteiger charge is -2.22. The van der Waals surface area contributed by atoms with Crippen LogP contribution in [-0.2, 0) is 21.5 Å². The Morgan fingerprint density at radius 2 is 1.82 bits per heavy atom. The second kappa shape index (κ2) is 8.02. The van der Waals surface area contributed by atoms with Crippen molar-refractivity contribution in [3.05, 3.63) is 70.2 Å². The summed E-state index contributed by atoms with van der Waals surface area (Å²) in [6.07, 6.45) is 0.682. The molecular formula is C21H22ClN3O3. The molecule has 2 aromatic carbocycles. The largest absolute Gasteiger partial charge is 0.354 e. The summed E-state index contributed by atoms with van der Waals surface area (Å²) in [5, 5.41) is 5.98. The van der Waals surface area contributed by atoms with Gasteiger partial charge in [0, 0.05) is 11.6 Å². The molecule has 0 spiro atoms. The Kier molecular flexibility index (Phi) is 5.70. The zero-order chi connectivity index (χ0) is 20.3. The molecule has 7 heteroatoms. The Balaban J connectivity index is 1.60. The fourth-order valence-electron chi connectivity index (χ4n) is 3.25. The molecule has 0 bridgehead atoms. The van der Waals surface area contributed by atoms with Gasteiger partial charge >= 0.3 is 6.03 Å². The quantitative estimate of drug-likeness (QED) is 0.733. The molecule has 1 atom stereocenters. The van der Waals surface area contributed by atoms with Gasteiger partial charge in [-0.2, -0.15) is 0 Å². The zero-order valence-electron chi connectivity index (χ0n) is 15.8. The highest BCUT2D eigenvalue weighted by Gasteiger charge is 2.49. The van der Waals surface area contributed by atoms with Crippen LogP contribution in [0.15, 0.2) is 48.5 Å². The maximum atomic E-state index is 12.8. The predicted molar refractivity (Wildman–Crippen MR) is 107 cm³/mol. The van der Waals surface area contributed by atoms with Crippen molar-refractivity contribution < 1.29 is 14.4 Å². The molecule has 1 heterocycles. The lowest BCUT2D eigenvalue weighted by molar-refractivity contribution is -0.134. The number of halogens is 1. The van der Waals surface area contributed by atoms with Crippen molar-refractivity contribution in [3.8, 4) is 0 Å². The van der Waals surface area contributed by atoms with Gasteiger partial charge in [0.05, 0.1) is 0 Å². The second-order valence-electron chi connectivity index (χ2n) is 6.98. The Morgan fingerprint density at radius 3 is 2.50 bits per heavy atom. The Morgan fingerprint density at radius 1 is 1.14 bits per heavy atom. The molecule has 4 amide bonds. The molecule has 1 aliphatic heterocycles. The molecule has 0 aromatic heterocycles. The van der Waals surface area contributed by atoms with Gasteiger partial charge in [-0.3, -0.25) is 14.5 Å². The van der Waals surface area contributed by atoms with Gasteiger partial charge in [0.15, 0.2) is 0 Å². The topological polar surface area (TPSA) is 78.5 Å². The number of imide groups is 1. The molecule has 2 aromatic rings. The molecule has 146 valence electrons. The van der Waals surface area contributed by atoms with Crippen molar-refractivity contribution in [2.24, 2.45) is 0 Å². The van der Waals surface area contributed by atoms with Crippen LogP contribution >= 0.6 is 11.6 Å². The summed E-state index contributed by atoms with van der Waals surface area (Å²) >= 11 is 5.89. The van der Waals surface area contributed by atoms with E-state index in [1.807, 2.05) is 31.2 Å². The lowest BCUT2D eigenvalue weighted by Crippen LogP contribution is -2.43. The molecule has 0 radical (unpaired) electrons. The van der Waals surface area contributed by atoms with Gasteiger partial charge in [0.25, 0.3) is 5.91 Å². The van der Waals surface area contributed by atoms with Gasteiger partial charge in [0.2, 0.25) is 5.91 Å². The van der Waals surface area contributed by atoms with Gasteiger partial charge < -0.3 is 10.6 Å². The molecule has 1 saturated heterocycles. The van der Waals surface area contributed by atoms with Crippen LogP contribution in [0, 0.1) is 6.92 Å². The third-order valence-corrected chi connectivity index (χ3v) is 5.23. The highest BCUT2D eigenvalue weighted by atomic mass is 35.5. The van der Waals surface area contributed by atoms with E-state index in [0.29, 0.717) is 23.6 Å². The Labute approximate surface area is 168 Å². The maximum Gasteiger partial charge on any atom is 0.325 e. The van der Waals surface area contributed by atoms with Gasteiger partial charge in [-0.15, -0.1) is 0 Å². The number of nitrogens with zero attached hydrogens (tertiary/aromatic N) is 1. The van der Waals surface area contributed by atoms with Crippen LogP contribution in [0.25, 0.3) is 0 Å². The minimum atomic E-state index is -1.22. The molecule has 0 aliphatic carbocycles. The number of amides is 4. The fraction of sp³-hybridized carbons (Fsp3) is 0.286. The van der Waals surface area contributed by atoms with Gasteiger partial charge in [0.1, 0.15) is 12.1 Å². The molecule has 28 heavy (non-hydrogen) atoms. The minimum absolute atomic E-state index is 0.318. The van der Waals surface area contributed by atoms with E-state index in [0.717, 1.165) is 16.0 Å². The number of carbonyl (C=O) groups is 3. The molecule has 3 rings (SSSR count). The van der Waals surface area contributed by atoms with E-state index >= 15 is 0 Å². The smallest absolute Gasteiger partial charge is 0.325 e. The standard InChI is InChI=1S/C21H22ClN3O3/c1-14-5-3-4-6-15(14)11-12-23-18(26)13-25-19(27)21(2,24-20(25)28)16-7-9-17(22)10-8-16/h3-10H,11-13H2,1-2H3,(H,23,26)(H,24,28). The van der Waals surface area contributed by atoms with Crippen molar-refractivity contribution in [3.63, 3.8) is 0 Å². The maximum absolute atomic E-state index is 12.8. The van der Waals surface area contributed by atoms with Crippen molar-refractivity contribution in [1.29, 1.82) is 0 Å². The van der Waals surface area contributed by atoms with E-state index in [1.54, 1.807) is 31.2 Å². The number of urea groups is 1. The summed E-state index contributed by atoms with van der Waals surface area (Å²) in [5.74, 6) is -0.841. The van der Waals surface area contributed by atoms with Crippen LogP contribution in [-0.4, -0.2) is 35.8 Å². The van der Waals surface area contributed by atoms with Crippen LogP contribution in [0.3, 0.4) is 0 Å². The third-order valence-electron chi connectivity index (χ3n) is 4.98. The summed E-state index contributed by atoms with van der Waals surface area (Å²) in [7, 11) is 0. The average molecular weight is 400 g/mol. The van der Waals surface area contributed by atoms with E-state index in [1.165, 1.54) is 0 Å². The Bertz CT molecular complexity index is 913. The molecule has 1 aliphatic rings. The highest BCUT2D eigenvalue weighted by molar-refractivity contribution is 6.30. The first-order valence-electron chi connectivity index (χ1n) is 9.02. The number of carbonyl (C=O) groups excluding carboxylic acids is 3. The summed E-state index contributed by atoms with van der Waals surface area (Å²) in [6, 6.07) is 14.0. The first-order chi connectivity index (χ1) is 13.3.